The highest BCUT2D eigenvalue weighted by molar-refractivity contribution is 5.87. The molecule has 132 valence electrons. The highest BCUT2D eigenvalue weighted by Gasteiger charge is 2.33. The van der Waals surface area contributed by atoms with E-state index in [1.165, 1.54) is 24.3 Å². The van der Waals surface area contributed by atoms with E-state index < -0.39 is 17.3 Å². The fraction of sp³-hybridized carbons (Fsp3) is 0.111. The van der Waals surface area contributed by atoms with Crippen molar-refractivity contribution in [3.8, 4) is 11.3 Å². The van der Waals surface area contributed by atoms with Crippen LogP contribution in [0, 0.1) is 0 Å². The van der Waals surface area contributed by atoms with Gasteiger partial charge in [-0.2, -0.15) is 18.3 Å². The zero-order valence-electron chi connectivity index (χ0n) is 13.3. The molecule has 0 fully saturated rings. The summed E-state index contributed by atoms with van der Waals surface area (Å²) in [4.78, 5) is 14.6. The van der Waals surface area contributed by atoms with Crippen LogP contribution < -0.4 is 10.9 Å². The maximum atomic E-state index is 13.3. The van der Waals surface area contributed by atoms with Crippen molar-refractivity contribution >= 4 is 11.4 Å². The Morgan fingerprint density at radius 1 is 1.08 bits per heavy atom. The molecule has 0 aliphatic carbocycles. The van der Waals surface area contributed by atoms with Crippen molar-refractivity contribution in [2.24, 2.45) is 0 Å². The third-order valence-electron chi connectivity index (χ3n) is 4.19. The Kier molecular flexibility index (Phi) is 3.68. The standard InChI is InChI=1S/C18H13F3N4O/c19-18(20,21)14-4-2-1-3-12(14)15-7-10(8-16(26)24-15)11-5-6-22-17-13(11)9-23-25-17/h1-5,7-9H,6H2,(H,24,26)(H2,22,23,25). The monoisotopic (exact) mass is 358 g/mol. The average molecular weight is 358 g/mol. The molecule has 0 spiro atoms. The van der Waals surface area contributed by atoms with E-state index in [4.69, 9.17) is 0 Å². The molecule has 2 aromatic heterocycles. The van der Waals surface area contributed by atoms with Crippen LogP contribution in [0.5, 0.6) is 0 Å². The first-order valence-electron chi connectivity index (χ1n) is 7.82. The molecule has 0 radical (unpaired) electrons. The number of aromatic nitrogens is 3. The molecule has 3 N–H and O–H groups in total. The first-order chi connectivity index (χ1) is 12.4. The summed E-state index contributed by atoms with van der Waals surface area (Å²) < 4.78 is 40.0. The molecule has 0 atom stereocenters. The van der Waals surface area contributed by atoms with Gasteiger partial charge in [0, 0.05) is 29.4 Å². The maximum Gasteiger partial charge on any atom is 0.417 e. The Balaban J connectivity index is 1.88. The van der Waals surface area contributed by atoms with Crippen molar-refractivity contribution in [2.45, 2.75) is 6.18 Å². The van der Waals surface area contributed by atoms with Gasteiger partial charge in [0.25, 0.3) is 0 Å². The first-order valence-corrected chi connectivity index (χ1v) is 7.82. The van der Waals surface area contributed by atoms with E-state index in [-0.39, 0.29) is 11.3 Å². The molecule has 0 amide bonds. The molecular formula is C18H13F3N4O. The lowest BCUT2D eigenvalue weighted by molar-refractivity contribution is -0.137. The molecule has 4 rings (SSSR count). The van der Waals surface area contributed by atoms with Gasteiger partial charge in [0.05, 0.1) is 11.8 Å². The van der Waals surface area contributed by atoms with Crippen molar-refractivity contribution in [2.75, 3.05) is 11.9 Å². The van der Waals surface area contributed by atoms with E-state index >= 15 is 0 Å². The van der Waals surface area contributed by atoms with Crippen LogP contribution in [0.3, 0.4) is 0 Å². The minimum absolute atomic E-state index is 0.0686. The third kappa shape index (κ3) is 2.79. The number of hydrogen-bond acceptors (Lipinski definition) is 3. The second-order valence-electron chi connectivity index (χ2n) is 5.85. The fourth-order valence-electron chi connectivity index (χ4n) is 3.07. The number of H-pyrrole nitrogens is 2. The van der Waals surface area contributed by atoms with Gasteiger partial charge in [-0.15, -0.1) is 0 Å². The smallest absolute Gasteiger partial charge is 0.366 e. The van der Waals surface area contributed by atoms with Crippen molar-refractivity contribution in [3.05, 3.63) is 75.7 Å². The second-order valence-corrected chi connectivity index (χ2v) is 5.85. The highest BCUT2D eigenvalue weighted by atomic mass is 19.4. The van der Waals surface area contributed by atoms with Gasteiger partial charge in [-0.3, -0.25) is 9.89 Å². The predicted octanol–water partition coefficient (Wildman–Crippen LogP) is 3.64. The molecule has 1 aliphatic heterocycles. The van der Waals surface area contributed by atoms with E-state index in [1.54, 1.807) is 12.3 Å². The van der Waals surface area contributed by atoms with Crippen LogP contribution >= 0.6 is 0 Å². The molecule has 3 aromatic rings. The van der Waals surface area contributed by atoms with Gasteiger partial charge in [-0.1, -0.05) is 24.3 Å². The van der Waals surface area contributed by atoms with Gasteiger partial charge >= 0.3 is 6.18 Å². The summed E-state index contributed by atoms with van der Waals surface area (Å²) in [6.45, 7) is 0.520. The summed E-state index contributed by atoms with van der Waals surface area (Å²) >= 11 is 0. The lowest BCUT2D eigenvalue weighted by Crippen LogP contribution is -2.13. The van der Waals surface area contributed by atoms with E-state index in [2.05, 4.69) is 20.5 Å². The largest absolute Gasteiger partial charge is 0.417 e. The Labute approximate surface area is 145 Å². The van der Waals surface area contributed by atoms with Gasteiger partial charge in [-0.25, -0.2) is 0 Å². The van der Waals surface area contributed by atoms with Crippen LogP contribution in [-0.4, -0.2) is 21.7 Å². The normalized spacial score (nSPS) is 13.7. The van der Waals surface area contributed by atoms with Crippen LogP contribution in [0.1, 0.15) is 16.7 Å². The summed E-state index contributed by atoms with van der Waals surface area (Å²) in [5.41, 5.74) is 0.812. The zero-order chi connectivity index (χ0) is 18.3. The predicted molar refractivity (Wildman–Crippen MR) is 91.7 cm³/mol. The number of alkyl halides is 3. The molecule has 1 aromatic carbocycles. The quantitative estimate of drug-likeness (QED) is 0.655. The number of halogens is 3. The number of fused-ring (bicyclic) bond motifs is 1. The number of benzene rings is 1. The third-order valence-corrected chi connectivity index (χ3v) is 4.19. The summed E-state index contributed by atoms with van der Waals surface area (Å²) in [6.07, 6.45) is -1.04. The Bertz CT molecular complexity index is 1060. The minimum Gasteiger partial charge on any atom is -0.366 e. The molecule has 0 unspecified atom stereocenters. The number of pyridine rings is 1. The van der Waals surface area contributed by atoms with Crippen LogP contribution in [-0.2, 0) is 6.18 Å². The van der Waals surface area contributed by atoms with Crippen molar-refractivity contribution in [1.82, 2.24) is 15.2 Å². The molecule has 1 aliphatic rings. The molecule has 3 heterocycles. The van der Waals surface area contributed by atoms with Gasteiger partial charge < -0.3 is 10.3 Å². The van der Waals surface area contributed by atoms with Gasteiger partial charge in [0.2, 0.25) is 5.56 Å². The number of rotatable bonds is 2. The lowest BCUT2D eigenvalue weighted by atomic mass is 9.95. The molecule has 0 saturated heterocycles. The first kappa shape index (κ1) is 16.2. The Morgan fingerprint density at radius 3 is 2.69 bits per heavy atom. The van der Waals surface area contributed by atoms with Gasteiger partial charge in [0.15, 0.2) is 0 Å². The lowest BCUT2D eigenvalue weighted by Gasteiger charge is -2.17. The Hall–Kier alpha value is -3.29. The summed E-state index contributed by atoms with van der Waals surface area (Å²) in [5.74, 6) is 0.708. The number of aromatic amines is 2. The van der Waals surface area contributed by atoms with Gasteiger partial charge in [-0.05, 0) is 23.3 Å². The summed E-state index contributed by atoms with van der Waals surface area (Å²) in [7, 11) is 0. The maximum absolute atomic E-state index is 13.3. The highest BCUT2D eigenvalue weighted by Crippen LogP contribution is 2.37. The number of nitrogens with one attached hydrogen (secondary N) is 3. The molecular weight excluding hydrogens is 345 g/mol. The molecule has 0 saturated carbocycles. The summed E-state index contributed by atoms with van der Waals surface area (Å²) in [6, 6.07) is 8.10. The van der Waals surface area contributed by atoms with E-state index in [9.17, 15) is 18.0 Å². The minimum atomic E-state index is -4.52. The molecule has 0 bridgehead atoms. The Morgan fingerprint density at radius 2 is 1.88 bits per heavy atom. The second kappa shape index (κ2) is 5.91. The molecule has 26 heavy (non-hydrogen) atoms. The van der Waals surface area contributed by atoms with E-state index in [1.807, 2.05) is 6.08 Å². The van der Waals surface area contributed by atoms with Crippen molar-refractivity contribution in [1.29, 1.82) is 0 Å². The zero-order valence-corrected chi connectivity index (χ0v) is 13.3. The van der Waals surface area contributed by atoms with Gasteiger partial charge in [0.1, 0.15) is 5.82 Å². The molecule has 5 nitrogen and oxygen atoms in total. The average Bonchev–Trinajstić information content (AvgIpc) is 3.09. The number of nitrogens with zero attached hydrogens (tertiary/aromatic N) is 1. The van der Waals surface area contributed by atoms with E-state index in [0.29, 0.717) is 17.9 Å². The van der Waals surface area contributed by atoms with Crippen LogP contribution in [0.4, 0.5) is 19.0 Å². The van der Waals surface area contributed by atoms with E-state index in [0.717, 1.165) is 17.2 Å². The van der Waals surface area contributed by atoms with Crippen LogP contribution in [0.25, 0.3) is 16.8 Å². The van der Waals surface area contributed by atoms with Crippen LogP contribution in [0.15, 0.2) is 53.5 Å². The summed E-state index contributed by atoms with van der Waals surface area (Å²) in [5, 5.41) is 9.88. The number of anilines is 1. The fourth-order valence-corrected chi connectivity index (χ4v) is 3.07. The number of hydrogen-bond donors (Lipinski definition) is 3. The molecule has 8 heteroatoms. The van der Waals surface area contributed by atoms with Crippen LogP contribution in [0.2, 0.25) is 0 Å². The van der Waals surface area contributed by atoms with Crippen molar-refractivity contribution in [3.63, 3.8) is 0 Å². The topological polar surface area (TPSA) is 73.6 Å². The van der Waals surface area contributed by atoms with Crippen molar-refractivity contribution < 1.29 is 13.2 Å². The SMILES string of the molecule is O=c1cc(C2=CCNc3[nH]ncc32)cc(-c2ccccc2C(F)(F)F)[nH]1.